The predicted molar refractivity (Wildman–Crippen MR) is 62.8 cm³/mol. The molecule has 0 saturated carbocycles. The molecule has 0 unspecified atom stereocenters. The summed E-state index contributed by atoms with van der Waals surface area (Å²) in [6.07, 6.45) is 0.894. The van der Waals surface area contributed by atoms with Crippen LogP contribution in [0.4, 0.5) is 0 Å². The Hall–Kier alpha value is -1.75. The van der Waals surface area contributed by atoms with E-state index in [0.717, 1.165) is 0 Å². The van der Waals surface area contributed by atoms with E-state index in [1.807, 2.05) is 0 Å². The molecule has 0 radical (unpaired) electrons. The van der Waals surface area contributed by atoms with Crippen LogP contribution >= 0.6 is 0 Å². The van der Waals surface area contributed by atoms with Crippen molar-refractivity contribution in [1.29, 1.82) is 0 Å². The van der Waals surface area contributed by atoms with Crippen LogP contribution in [0.25, 0.3) is 0 Å². The summed E-state index contributed by atoms with van der Waals surface area (Å²) in [5.74, 6) is 0.894. The van der Waals surface area contributed by atoms with Gasteiger partial charge in [-0.05, 0) is 18.6 Å². The molecule has 0 aliphatic heterocycles. The molecule has 0 aliphatic rings. The molecule has 0 saturated heterocycles. The predicted octanol–water partition coefficient (Wildman–Crippen LogP) is 0.832. The molecule has 0 aliphatic carbocycles. The first-order valence-corrected chi connectivity index (χ1v) is 5.36. The number of aliphatic hydroxyl groups is 1. The minimum Gasteiger partial charge on any atom is -0.496 e. The van der Waals surface area contributed by atoms with E-state index >= 15 is 0 Å². The second-order valence-corrected chi connectivity index (χ2v) is 3.55. The van der Waals surface area contributed by atoms with Gasteiger partial charge in [-0.1, -0.05) is 0 Å². The van der Waals surface area contributed by atoms with Crippen LogP contribution in [0.5, 0.6) is 11.5 Å². The van der Waals surface area contributed by atoms with E-state index in [1.165, 1.54) is 7.11 Å². The van der Waals surface area contributed by atoms with Crippen LogP contribution in [0.15, 0.2) is 18.2 Å². The van der Waals surface area contributed by atoms with Crippen molar-refractivity contribution in [2.45, 2.75) is 19.4 Å². The summed E-state index contributed by atoms with van der Waals surface area (Å²) in [5.41, 5.74) is 5.72. The van der Waals surface area contributed by atoms with Crippen molar-refractivity contribution in [3.63, 3.8) is 0 Å². The maximum absolute atomic E-state index is 10.5. The lowest BCUT2D eigenvalue weighted by atomic mass is 10.2. The first-order valence-electron chi connectivity index (χ1n) is 5.36. The molecule has 17 heavy (non-hydrogen) atoms. The Labute approximate surface area is 100 Å². The summed E-state index contributed by atoms with van der Waals surface area (Å²) in [6, 6.07) is 5.19. The molecule has 0 spiro atoms. The van der Waals surface area contributed by atoms with E-state index in [4.69, 9.17) is 20.3 Å². The monoisotopic (exact) mass is 239 g/mol. The molecule has 0 aromatic heterocycles. The molecule has 94 valence electrons. The van der Waals surface area contributed by atoms with Crippen molar-refractivity contribution in [3.8, 4) is 11.5 Å². The molecular formula is C12H17NO4. The van der Waals surface area contributed by atoms with Gasteiger partial charge in [0, 0.05) is 18.1 Å². The van der Waals surface area contributed by atoms with Crippen LogP contribution in [0, 0.1) is 0 Å². The van der Waals surface area contributed by atoms with Crippen LogP contribution in [0.2, 0.25) is 0 Å². The fourth-order valence-electron chi connectivity index (χ4n) is 1.38. The van der Waals surface area contributed by atoms with Crippen LogP contribution in [-0.2, 0) is 11.4 Å². The normalized spacial score (nSPS) is 10.0. The number of hydrogen-bond donors (Lipinski definition) is 2. The van der Waals surface area contributed by atoms with Gasteiger partial charge in [0.05, 0.1) is 20.3 Å². The minimum atomic E-state index is -0.332. The fraction of sp³-hybridized carbons (Fsp3) is 0.417. The van der Waals surface area contributed by atoms with E-state index < -0.39 is 0 Å². The SMILES string of the molecule is COc1cc(OCCCC(N)=O)ccc1CO. The van der Waals surface area contributed by atoms with E-state index in [9.17, 15) is 4.79 Å². The number of amides is 1. The van der Waals surface area contributed by atoms with Gasteiger partial charge in [0.2, 0.25) is 5.91 Å². The molecule has 0 bridgehead atoms. The van der Waals surface area contributed by atoms with Crippen molar-refractivity contribution >= 4 is 5.91 Å². The quantitative estimate of drug-likeness (QED) is 0.690. The van der Waals surface area contributed by atoms with Gasteiger partial charge in [-0.3, -0.25) is 4.79 Å². The summed E-state index contributed by atoms with van der Waals surface area (Å²) in [7, 11) is 1.53. The van der Waals surface area contributed by atoms with Crippen molar-refractivity contribution in [2.75, 3.05) is 13.7 Å². The highest BCUT2D eigenvalue weighted by molar-refractivity contribution is 5.73. The van der Waals surface area contributed by atoms with Gasteiger partial charge < -0.3 is 20.3 Å². The Morgan fingerprint density at radius 2 is 2.24 bits per heavy atom. The Kier molecular flexibility index (Phi) is 5.29. The number of hydrogen-bond acceptors (Lipinski definition) is 4. The zero-order valence-electron chi connectivity index (χ0n) is 9.81. The summed E-state index contributed by atoms with van der Waals surface area (Å²) in [5, 5.41) is 9.04. The molecule has 0 fully saturated rings. The molecule has 1 aromatic carbocycles. The molecule has 0 heterocycles. The lowest BCUT2D eigenvalue weighted by Crippen LogP contribution is -2.11. The third-order valence-electron chi connectivity index (χ3n) is 2.27. The van der Waals surface area contributed by atoms with Crippen LogP contribution < -0.4 is 15.2 Å². The smallest absolute Gasteiger partial charge is 0.217 e. The molecule has 0 atom stereocenters. The van der Waals surface area contributed by atoms with Gasteiger partial charge in [-0.25, -0.2) is 0 Å². The standard InChI is InChI=1S/C12H17NO4/c1-16-11-7-10(5-4-9(11)8-14)17-6-2-3-12(13)15/h4-5,7,14H,2-3,6,8H2,1H3,(H2,13,15). The van der Waals surface area contributed by atoms with E-state index in [2.05, 4.69) is 0 Å². The molecule has 3 N–H and O–H groups in total. The highest BCUT2D eigenvalue weighted by Crippen LogP contribution is 2.24. The Balaban J connectivity index is 2.51. The van der Waals surface area contributed by atoms with E-state index in [1.54, 1.807) is 18.2 Å². The number of benzene rings is 1. The highest BCUT2D eigenvalue weighted by atomic mass is 16.5. The first kappa shape index (κ1) is 13.3. The maximum Gasteiger partial charge on any atom is 0.217 e. The Morgan fingerprint density at radius 1 is 1.47 bits per heavy atom. The van der Waals surface area contributed by atoms with Crippen LogP contribution in [0.3, 0.4) is 0 Å². The van der Waals surface area contributed by atoms with Gasteiger partial charge in [-0.2, -0.15) is 0 Å². The lowest BCUT2D eigenvalue weighted by Gasteiger charge is -2.10. The van der Waals surface area contributed by atoms with E-state index in [-0.39, 0.29) is 12.5 Å². The van der Waals surface area contributed by atoms with Crippen molar-refractivity contribution in [1.82, 2.24) is 0 Å². The Bertz CT molecular complexity index is 379. The number of ether oxygens (including phenoxy) is 2. The van der Waals surface area contributed by atoms with Crippen LogP contribution in [-0.4, -0.2) is 24.7 Å². The van der Waals surface area contributed by atoms with Crippen molar-refractivity contribution in [2.24, 2.45) is 5.73 Å². The molecule has 5 heteroatoms. The number of aliphatic hydroxyl groups excluding tert-OH is 1. The van der Waals surface area contributed by atoms with Gasteiger partial charge in [0.15, 0.2) is 0 Å². The third kappa shape index (κ3) is 4.32. The number of rotatable bonds is 7. The van der Waals surface area contributed by atoms with Gasteiger partial charge in [0.1, 0.15) is 11.5 Å². The summed E-state index contributed by atoms with van der Waals surface area (Å²) < 4.78 is 10.5. The van der Waals surface area contributed by atoms with Crippen LogP contribution in [0.1, 0.15) is 18.4 Å². The molecule has 5 nitrogen and oxygen atoms in total. The lowest BCUT2D eigenvalue weighted by molar-refractivity contribution is -0.118. The summed E-state index contributed by atoms with van der Waals surface area (Å²) >= 11 is 0. The van der Waals surface area contributed by atoms with Gasteiger partial charge in [0.25, 0.3) is 0 Å². The first-order chi connectivity index (χ1) is 8.17. The average Bonchev–Trinajstić information content (AvgIpc) is 2.34. The average molecular weight is 239 g/mol. The zero-order valence-corrected chi connectivity index (χ0v) is 9.81. The Morgan fingerprint density at radius 3 is 2.82 bits per heavy atom. The molecular weight excluding hydrogens is 222 g/mol. The van der Waals surface area contributed by atoms with Gasteiger partial charge >= 0.3 is 0 Å². The number of primary amides is 1. The highest BCUT2D eigenvalue weighted by Gasteiger charge is 2.04. The molecule has 1 aromatic rings. The maximum atomic E-state index is 10.5. The van der Waals surface area contributed by atoms with E-state index in [0.29, 0.717) is 36.5 Å². The van der Waals surface area contributed by atoms with Gasteiger partial charge in [-0.15, -0.1) is 0 Å². The molecule has 1 rings (SSSR count). The minimum absolute atomic E-state index is 0.0782. The molecule has 1 amide bonds. The second-order valence-electron chi connectivity index (χ2n) is 3.55. The summed E-state index contributed by atoms with van der Waals surface area (Å²) in [6.45, 7) is 0.343. The van der Waals surface area contributed by atoms with Crippen molar-refractivity contribution in [3.05, 3.63) is 23.8 Å². The number of methoxy groups -OCH3 is 1. The zero-order chi connectivity index (χ0) is 12.7. The number of carbonyl (C=O) groups excluding carboxylic acids is 1. The topological polar surface area (TPSA) is 81.8 Å². The van der Waals surface area contributed by atoms with Crippen molar-refractivity contribution < 1.29 is 19.4 Å². The largest absolute Gasteiger partial charge is 0.496 e. The number of carbonyl (C=O) groups is 1. The summed E-state index contributed by atoms with van der Waals surface area (Å²) in [4.78, 5) is 10.5. The number of nitrogens with two attached hydrogens (primary N) is 1. The fourth-order valence-corrected chi connectivity index (χ4v) is 1.38. The third-order valence-corrected chi connectivity index (χ3v) is 2.27. The second kappa shape index (κ2) is 6.75.